The van der Waals surface area contributed by atoms with Crippen LogP contribution in [0.15, 0.2) is 0 Å². The normalized spacial score (nSPS) is 31.0. The summed E-state index contributed by atoms with van der Waals surface area (Å²) in [6, 6.07) is 0.263. The summed E-state index contributed by atoms with van der Waals surface area (Å²) in [6.07, 6.45) is 8.20. The molecule has 3 fully saturated rings. The number of rotatable bonds is 1. The zero-order valence-electron chi connectivity index (χ0n) is 13.5. The molecular formula is C17H28N2O3. The van der Waals surface area contributed by atoms with Gasteiger partial charge in [0.15, 0.2) is 0 Å². The summed E-state index contributed by atoms with van der Waals surface area (Å²) in [6.45, 7) is 3.44. The maximum Gasteiger partial charge on any atom is 0.320 e. The van der Waals surface area contributed by atoms with Gasteiger partial charge in [0, 0.05) is 38.0 Å². The molecule has 0 aromatic carbocycles. The van der Waals surface area contributed by atoms with Gasteiger partial charge in [0.1, 0.15) is 5.78 Å². The quantitative estimate of drug-likeness (QED) is 0.747. The maximum absolute atomic E-state index is 13.0. The average Bonchev–Trinajstić information content (AvgIpc) is 2.81. The van der Waals surface area contributed by atoms with Crippen molar-refractivity contribution in [1.82, 2.24) is 9.80 Å². The lowest BCUT2D eigenvalue weighted by Gasteiger charge is -2.40. The molecule has 2 saturated heterocycles. The molecule has 0 spiro atoms. The number of hydrogen-bond acceptors (Lipinski definition) is 3. The SMILES string of the molecule is O=C1CCCC[C@@H]1[C@@H]1CCCCCN1C(=O)N1CCOCC1. The molecule has 2 heterocycles. The number of nitrogens with zero attached hydrogens (tertiary/aromatic N) is 2. The van der Waals surface area contributed by atoms with Crippen LogP contribution in [0.1, 0.15) is 51.4 Å². The summed E-state index contributed by atoms with van der Waals surface area (Å²) in [5.74, 6) is 0.467. The van der Waals surface area contributed by atoms with Crippen molar-refractivity contribution in [2.75, 3.05) is 32.8 Å². The summed E-state index contributed by atoms with van der Waals surface area (Å²) in [7, 11) is 0. The minimum absolute atomic E-state index is 0.0804. The maximum atomic E-state index is 13.0. The third-order valence-corrected chi connectivity index (χ3v) is 5.39. The van der Waals surface area contributed by atoms with Crippen LogP contribution in [0.3, 0.4) is 0 Å². The number of ether oxygens (including phenoxy) is 1. The number of carbonyl (C=O) groups excluding carboxylic acids is 2. The Hall–Kier alpha value is -1.10. The largest absolute Gasteiger partial charge is 0.378 e. The van der Waals surface area contributed by atoms with E-state index in [0.29, 0.717) is 38.5 Å². The van der Waals surface area contributed by atoms with Crippen molar-refractivity contribution in [3.63, 3.8) is 0 Å². The Labute approximate surface area is 133 Å². The number of ketones is 1. The summed E-state index contributed by atoms with van der Waals surface area (Å²) < 4.78 is 5.36. The van der Waals surface area contributed by atoms with E-state index in [1.54, 1.807) is 0 Å². The Morgan fingerprint density at radius 2 is 1.73 bits per heavy atom. The third kappa shape index (κ3) is 3.45. The second-order valence-corrected chi connectivity index (χ2v) is 6.81. The van der Waals surface area contributed by atoms with Gasteiger partial charge in [0.2, 0.25) is 0 Å². The summed E-state index contributed by atoms with van der Waals surface area (Å²) in [4.78, 5) is 29.3. The molecule has 0 unspecified atom stereocenters. The lowest BCUT2D eigenvalue weighted by Crippen LogP contribution is -2.54. The van der Waals surface area contributed by atoms with Crippen LogP contribution in [-0.4, -0.2) is 60.5 Å². The molecule has 2 amide bonds. The highest BCUT2D eigenvalue weighted by atomic mass is 16.5. The first-order chi connectivity index (χ1) is 10.8. The van der Waals surface area contributed by atoms with E-state index < -0.39 is 0 Å². The van der Waals surface area contributed by atoms with E-state index in [2.05, 4.69) is 0 Å². The number of amides is 2. The second-order valence-electron chi connectivity index (χ2n) is 6.81. The zero-order valence-corrected chi connectivity index (χ0v) is 13.5. The van der Waals surface area contributed by atoms with Crippen molar-refractivity contribution < 1.29 is 14.3 Å². The van der Waals surface area contributed by atoms with Gasteiger partial charge in [-0.1, -0.05) is 19.3 Å². The molecule has 124 valence electrons. The molecule has 0 aromatic heterocycles. The fourth-order valence-corrected chi connectivity index (χ4v) is 4.14. The highest BCUT2D eigenvalue weighted by Gasteiger charge is 2.38. The van der Waals surface area contributed by atoms with Gasteiger partial charge in [0.25, 0.3) is 0 Å². The van der Waals surface area contributed by atoms with Crippen molar-refractivity contribution in [1.29, 1.82) is 0 Å². The molecular weight excluding hydrogens is 280 g/mol. The minimum atomic E-state index is 0.0804. The van der Waals surface area contributed by atoms with Gasteiger partial charge in [-0.05, 0) is 25.7 Å². The first-order valence-electron chi connectivity index (χ1n) is 8.93. The van der Waals surface area contributed by atoms with Gasteiger partial charge < -0.3 is 14.5 Å². The molecule has 0 bridgehead atoms. The Morgan fingerprint density at radius 1 is 0.955 bits per heavy atom. The number of morpholine rings is 1. The van der Waals surface area contributed by atoms with E-state index in [1.165, 1.54) is 6.42 Å². The Bertz CT molecular complexity index is 407. The monoisotopic (exact) mass is 308 g/mol. The van der Waals surface area contributed by atoms with Crippen LogP contribution in [-0.2, 0) is 9.53 Å². The second kappa shape index (κ2) is 7.44. The molecule has 0 N–H and O–H groups in total. The van der Waals surface area contributed by atoms with Crippen molar-refractivity contribution in [3.05, 3.63) is 0 Å². The van der Waals surface area contributed by atoms with E-state index in [-0.39, 0.29) is 18.0 Å². The number of Topliss-reactive ketones (excluding diaryl/α,β-unsaturated/α-hetero) is 1. The first kappa shape index (κ1) is 15.8. The number of likely N-dealkylation sites (tertiary alicyclic amines) is 1. The van der Waals surface area contributed by atoms with Crippen molar-refractivity contribution in [2.24, 2.45) is 5.92 Å². The van der Waals surface area contributed by atoms with E-state index in [4.69, 9.17) is 4.74 Å². The Morgan fingerprint density at radius 3 is 2.50 bits per heavy atom. The number of urea groups is 1. The predicted octanol–water partition coefficient (Wildman–Crippen LogP) is 2.44. The molecule has 0 radical (unpaired) electrons. The fourth-order valence-electron chi connectivity index (χ4n) is 4.14. The van der Waals surface area contributed by atoms with Crippen LogP contribution in [0.25, 0.3) is 0 Å². The molecule has 1 aliphatic carbocycles. The molecule has 5 heteroatoms. The van der Waals surface area contributed by atoms with E-state index in [0.717, 1.165) is 45.1 Å². The van der Waals surface area contributed by atoms with Gasteiger partial charge in [-0.15, -0.1) is 0 Å². The minimum Gasteiger partial charge on any atom is -0.378 e. The van der Waals surface area contributed by atoms with Gasteiger partial charge in [0.05, 0.1) is 13.2 Å². The average molecular weight is 308 g/mol. The molecule has 1 saturated carbocycles. The van der Waals surface area contributed by atoms with Crippen molar-refractivity contribution in [2.45, 2.75) is 57.4 Å². The highest BCUT2D eigenvalue weighted by molar-refractivity contribution is 5.83. The predicted molar refractivity (Wildman–Crippen MR) is 83.7 cm³/mol. The lowest BCUT2D eigenvalue weighted by atomic mass is 9.80. The number of carbonyl (C=O) groups is 2. The Kier molecular flexibility index (Phi) is 5.34. The smallest absolute Gasteiger partial charge is 0.320 e. The van der Waals surface area contributed by atoms with Crippen LogP contribution < -0.4 is 0 Å². The van der Waals surface area contributed by atoms with Crippen molar-refractivity contribution >= 4 is 11.8 Å². The third-order valence-electron chi connectivity index (χ3n) is 5.39. The number of hydrogen-bond donors (Lipinski definition) is 0. The van der Waals surface area contributed by atoms with Crippen LogP contribution in [0.5, 0.6) is 0 Å². The molecule has 2 aliphatic heterocycles. The molecule has 2 atom stereocenters. The van der Waals surface area contributed by atoms with Crippen molar-refractivity contribution in [3.8, 4) is 0 Å². The van der Waals surface area contributed by atoms with Crippen LogP contribution in [0.2, 0.25) is 0 Å². The lowest BCUT2D eigenvalue weighted by molar-refractivity contribution is -0.126. The van der Waals surface area contributed by atoms with E-state index in [1.807, 2.05) is 9.80 Å². The van der Waals surface area contributed by atoms with Gasteiger partial charge in [-0.2, -0.15) is 0 Å². The summed E-state index contributed by atoms with van der Waals surface area (Å²) >= 11 is 0. The van der Waals surface area contributed by atoms with Crippen LogP contribution >= 0.6 is 0 Å². The molecule has 0 aromatic rings. The van der Waals surface area contributed by atoms with Gasteiger partial charge in [-0.25, -0.2) is 4.79 Å². The Balaban J connectivity index is 1.74. The van der Waals surface area contributed by atoms with Crippen LogP contribution in [0.4, 0.5) is 4.79 Å². The molecule has 5 nitrogen and oxygen atoms in total. The van der Waals surface area contributed by atoms with Gasteiger partial charge >= 0.3 is 6.03 Å². The van der Waals surface area contributed by atoms with E-state index >= 15 is 0 Å². The first-order valence-corrected chi connectivity index (χ1v) is 8.93. The molecule has 3 rings (SSSR count). The molecule has 3 aliphatic rings. The highest BCUT2D eigenvalue weighted by Crippen LogP contribution is 2.32. The summed E-state index contributed by atoms with van der Waals surface area (Å²) in [5, 5.41) is 0. The van der Waals surface area contributed by atoms with Crippen LogP contribution in [0, 0.1) is 5.92 Å². The molecule has 22 heavy (non-hydrogen) atoms. The standard InChI is InChI=1S/C17H28N2O3/c20-16-8-4-3-6-14(16)15-7-2-1-5-9-19(15)17(21)18-10-12-22-13-11-18/h14-15H,1-13H2/t14-,15+/m1/s1. The topological polar surface area (TPSA) is 49.9 Å². The van der Waals surface area contributed by atoms with E-state index in [9.17, 15) is 9.59 Å². The zero-order chi connectivity index (χ0) is 15.4. The fraction of sp³-hybridized carbons (Fsp3) is 0.882. The summed E-state index contributed by atoms with van der Waals surface area (Å²) in [5.41, 5.74) is 0. The van der Waals surface area contributed by atoms with Gasteiger partial charge in [-0.3, -0.25) is 4.79 Å².